The fourth-order valence-electron chi connectivity index (χ4n) is 3.47. The average molecular weight is 354 g/mol. The first-order chi connectivity index (χ1) is 12.6. The molecule has 2 unspecified atom stereocenters. The van der Waals surface area contributed by atoms with Gasteiger partial charge in [-0.15, -0.1) is 0 Å². The summed E-state index contributed by atoms with van der Waals surface area (Å²) < 4.78 is 11.2. The van der Waals surface area contributed by atoms with Gasteiger partial charge in [0.15, 0.2) is 6.61 Å². The number of amides is 1. The highest BCUT2D eigenvalue weighted by Gasteiger charge is 2.28. The van der Waals surface area contributed by atoms with Crippen LogP contribution in [-0.2, 0) is 4.79 Å². The van der Waals surface area contributed by atoms with Crippen molar-refractivity contribution in [2.45, 2.75) is 39.2 Å². The molecule has 3 rings (SSSR count). The van der Waals surface area contributed by atoms with E-state index >= 15 is 0 Å². The Morgan fingerprint density at radius 3 is 2.42 bits per heavy atom. The van der Waals surface area contributed by atoms with Gasteiger partial charge in [-0.05, 0) is 55.0 Å². The Morgan fingerprint density at radius 1 is 1.08 bits per heavy atom. The van der Waals surface area contributed by atoms with Gasteiger partial charge < -0.3 is 14.8 Å². The number of nitrogens with zero attached hydrogens (tertiary/aromatic N) is 1. The molecule has 1 amide bonds. The van der Waals surface area contributed by atoms with Gasteiger partial charge in [-0.25, -0.2) is 4.98 Å². The quantitative estimate of drug-likeness (QED) is 0.845. The molecule has 1 aromatic carbocycles. The minimum Gasteiger partial charge on any atom is -0.484 e. The topological polar surface area (TPSA) is 60.5 Å². The smallest absolute Gasteiger partial charge is 0.258 e. The normalized spacial score (nSPS) is 22.5. The molecule has 0 spiro atoms. The number of rotatable bonds is 6. The molecular weight excluding hydrogens is 328 g/mol. The molecule has 1 N–H and O–H groups in total. The molecule has 26 heavy (non-hydrogen) atoms. The summed E-state index contributed by atoms with van der Waals surface area (Å²) in [7, 11) is 0. The van der Waals surface area contributed by atoms with Gasteiger partial charge in [-0.2, -0.15) is 0 Å². The SMILES string of the molecule is CC1CCCC(C)C1NC(=O)COc1ccc(Oc2ccccn2)cc1. The molecular formula is C21H26N2O3. The number of hydrogen-bond acceptors (Lipinski definition) is 4. The molecule has 1 aliphatic carbocycles. The lowest BCUT2D eigenvalue weighted by atomic mass is 9.79. The van der Waals surface area contributed by atoms with E-state index in [-0.39, 0.29) is 18.6 Å². The molecule has 0 radical (unpaired) electrons. The fourth-order valence-corrected chi connectivity index (χ4v) is 3.47. The summed E-state index contributed by atoms with van der Waals surface area (Å²) in [5.41, 5.74) is 0. The minimum absolute atomic E-state index is 0.0242. The summed E-state index contributed by atoms with van der Waals surface area (Å²) in [5, 5.41) is 3.14. The zero-order valence-corrected chi connectivity index (χ0v) is 15.4. The second kappa shape index (κ2) is 8.70. The van der Waals surface area contributed by atoms with Crippen molar-refractivity contribution >= 4 is 5.91 Å². The van der Waals surface area contributed by atoms with Crippen LogP contribution in [0.5, 0.6) is 17.4 Å². The highest BCUT2D eigenvalue weighted by atomic mass is 16.5. The van der Waals surface area contributed by atoms with Crippen LogP contribution < -0.4 is 14.8 Å². The lowest BCUT2D eigenvalue weighted by Crippen LogP contribution is -2.47. The van der Waals surface area contributed by atoms with Crippen LogP contribution in [0.1, 0.15) is 33.1 Å². The molecule has 138 valence electrons. The van der Waals surface area contributed by atoms with Gasteiger partial charge in [0.1, 0.15) is 11.5 Å². The summed E-state index contributed by atoms with van der Waals surface area (Å²) in [6.07, 6.45) is 5.28. The molecule has 1 saturated carbocycles. The van der Waals surface area contributed by atoms with Gasteiger partial charge in [-0.3, -0.25) is 4.79 Å². The summed E-state index contributed by atoms with van der Waals surface area (Å²) in [4.78, 5) is 16.3. The molecule has 2 atom stereocenters. The fraction of sp³-hybridized carbons (Fsp3) is 0.429. The Morgan fingerprint density at radius 2 is 1.77 bits per heavy atom. The highest BCUT2D eigenvalue weighted by Crippen LogP contribution is 2.28. The third-order valence-electron chi connectivity index (χ3n) is 4.93. The molecule has 1 aromatic heterocycles. The second-order valence-electron chi connectivity index (χ2n) is 7.01. The van der Waals surface area contributed by atoms with Crippen LogP contribution in [0.4, 0.5) is 0 Å². The standard InChI is InChI=1S/C21H26N2O3/c1-15-6-5-7-16(2)21(15)23-19(24)14-25-17-9-11-18(12-10-17)26-20-8-3-4-13-22-20/h3-4,8-13,15-16,21H,5-7,14H2,1-2H3,(H,23,24). The summed E-state index contributed by atoms with van der Waals surface area (Å²) in [6.45, 7) is 4.44. The van der Waals surface area contributed by atoms with E-state index in [0.29, 0.717) is 29.2 Å². The van der Waals surface area contributed by atoms with E-state index in [0.717, 1.165) is 0 Å². The van der Waals surface area contributed by atoms with Crippen LogP contribution in [0.25, 0.3) is 0 Å². The first-order valence-corrected chi connectivity index (χ1v) is 9.23. The Hall–Kier alpha value is -2.56. The maximum absolute atomic E-state index is 12.2. The van der Waals surface area contributed by atoms with Crippen LogP contribution in [0, 0.1) is 11.8 Å². The molecule has 1 aliphatic rings. The average Bonchev–Trinajstić information content (AvgIpc) is 2.65. The van der Waals surface area contributed by atoms with Crippen molar-refractivity contribution in [2.75, 3.05) is 6.61 Å². The molecule has 1 heterocycles. The van der Waals surface area contributed by atoms with Gasteiger partial charge in [0, 0.05) is 18.3 Å². The van der Waals surface area contributed by atoms with Gasteiger partial charge in [0.2, 0.25) is 5.88 Å². The van der Waals surface area contributed by atoms with E-state index in [2.05, 4.69) is 24.1 Å². The first-order valence-electron chi connectivity index (χ1n) is 9.23. The van der Waals surface area contributed by atoms with E-state index in [4.69, 9.17) is 9.47 Å². The zero-order valence-electron chi connectivity index (χ0n) is 15.4. The Kier molecular flexibility index (Phi) is 6.10. The van der Waals surface area contributed by atoms with Crippen LogP contribution in [-0.4, -0.2) is 23.5 Å². The van der Waals surface area contributed by atoms with E-state index in [1.807, 2.05) is 12.1 Å². The van der Waals surface area contributed by atoms with Crippen molar-refractivity contribution in [3.63, 3.8) is 0 Å². The number of aromatic nitrogens is 1. The third-order valence-corrected chi connectivity index (χ3v) is 4.93. The largest absolute Gasteiger partial charge is 0.484 e. The van der Waals surface area contributed by atoms with Gasteiger partial charge >= 0.3 is 0 Å². The van der Waals surface area contributed by atoms with Crippen LogP contribution in [0.2, 0.25) is 0 Å². The van der Waals surface area contributed by atoms with E-state index < -0.39 is 0 Å². The molecule has 0 bridgehead atoms. The van der Waals surface area contributed by atoms with Crippen molar-refractivity contribution < 1.29 is 14.3 Å². The molecule has 5 nitrogen and oxygen atoms in total. The van der Waals surface area contributed by atoms with Crippen LogP contribution >= 0.6 is 0 Å². The maximum atomic E-state index is 12.2. The Bertz CT molecular complexity index is 693. The summed E-state index contributed by atoms with van der Waals surface area (Å²) in [6, 6.07) is 12.9. The van der Waals surface area contributed by atoms with Crippen molar-refractivity contribution in [1.82, 2.24) is 10.3 Å². The zero-order chi connectivity index (χ0) is 18.4. The Balaban J connectivity index is 1.47. The van der Waals surface area contributed by atoms with Gasteiger partial charge in [0.25, 0.3) is 5.91 Å². The third kappa shape index (κ3) is 4.97. The minimum atomic E-state index is -0.0654. The van der Waals surface area contributed by atoms with Gasteiger partial charge in [0.05, 0.1) is 0 Å². The lowest BCUT2D eigenvalue weighted by Gasteiger charge is -2.35. The number of hydrogen-bond donors (Lipinski definition) is 1. The summed E-state index contributed by atoms with van der Waals surface area (Å²) in [5.74, 6) is 2.82. The number of ether oxygens (including phenoxy) is 2. The molecule has 0 aliphatic heterocycles. The predicted octanol–water partition coefficient (Wildman–Crippen LogP) is 4.19. The molecule has 0 saturated heterocycles. The maximum Gasteiger partial charge on any atom is 0.258 e. The molecule has 1 fully saturated rings. The van der Waals surface area contributed by atoms with Crippen molar-refractivity contribution in [1.29, 1.82) is 0 Å². The molecule has 5 heteroatoms. The van der Waals surface area contributed by atoms with Gasteiger partial charge in [-0.1, -0.05) is 26.3 Å². The van der Waals surface area contributed by atoms with Crippen LogP contribution in [0.15, 0.2) is 48.7 Å². The number of pyridine rings is 1. The first kappa shape index (κ1) is 18.2. The number of nitrogens with one attached hydrogen (secondary N) is 1. The second-order valence-corrected chi connectivity index (χ2v) is 7.01. The van der Waals surface area contributed by atoms with Crippen molar-refractivity contribution in [3.8, 4) is 17.4 Å². The molecule has 2 aromatic rings. The monoisotopic (exact) mass is 354 g/mol. The van der Waals surface area contributed by atoms with Crippen molar-refractivity contribution in [2.24, 2.45) is 11.8 Å². The number of carbonyl (C=O) groups excluding carboxylic acids is 1. The van der Waals surface area contributed by atoms with E-state index in [1.54, 1.807) is 36.5 Å². The summed E-state index contributed by atoms with van der Waals surface area (Å²) >= 11 is 0. The predicted molar refractivity (Wildman–Crippen MR) is 100 cm³/mol. The number of carbonyl (C=O) groups is 1. The number of benzene rings is 1. The van der Waals surface area contributed by atoms with E-state index in [1.165, 1.54) is 19.3 Å². The van der Waals surface area contributed by atoms with Crippen LogP contribution in [0.3, 0.4) is 0 Å². The van der Waals surface area contributed by atoms with E-state index in [9.17, 15) is 4.79 Å². The highest BCUT2D eigenvalue weighted by molar-refractivity contribution is 5.77. The van der Waals surface area contributed by atoms with Crippen molar-refractivity contribution in [3.05, 3.63) is 48.7 Å². The Labute approximate surface area is 154 Å². The lowest BCUT2D eigenvalue weighted by molar-refractivity contribution is -0.124.